The molecule has 1 aliphatic carbocycles. The molecule has 0 spiro atoms. The molecule has 0 aromatic carbocycles. The summed E-state index contributed by atoms with van der Waals surface area (Å²) >= 11 is 0. The molecule has 1 fully saturated rings. The molecule has 0 aromatic heterocycles. The molecule has 1 aliphatic rings. The predicted octanol–water partition coefficient (Wildman–Crippen LogP) is 0.648. The van der Waals surface area contributed by atoms with Gasteiger partial charge in [0.15, 0.2) is 0 Å². The van der Waals surface area contributed by atoms with Crippen molar-refractivity contribution < 1.29 is 9.32 Å². The van der Waals surface area contributed by atoms with Gasteiger partial charge in [-0.25, -0.2) is 0 Å². The summed E-state index contributed by atoms with van der Waals surface area (Å²) in [5.74, 6) is 1.44. The average molecular weight is 219 g/mol. The van der Waals surface area contributed by atoms with E-state index in [-0.39, 0.29) is 12.1 Å². The lowest BCUT2D eigenvalue weighted by Gasteiger charge is -2.28. The van der Waals surface area contributed by atoms with Crippen LogP contribution in [0.3, 0.4) is 0 Å². The summed E-state index contributed by atoms with van der Waals surface area (Å²) in [6.45, 7) is 2.70. The number of aliphatic hydroxyl groups is 1. The smallest absolute Gasteiger partial charge is 0.0693 e. The average Bonchev–Trinajstić information content (AvgIpc) is 2.20. The number of hydrogen-bond donors (Lipinski definition) is 2. The maximum atomic E-state index is 11.1. The predicted molar refractivity (Wildman–Crippen MR) is 59.8 cm³/mol. The fourth-order valence-corrected chi connectivity index (χ4v) is 2.49. The fraction of sp³-hybridized carbons (Fsp3) is 1.00. The van der Waals surface area contributed by atoms with E-state index >= 15 is 0 Å². The van der Waals surface area contributed by atoms with E-state index in [9.17, 15) is 9.32 Å². The van der Waals surface area contributed by atoms with E-state index in [0.717, 1.165) is 31.6 Å². The van der Waals surface area contributed by atoms with Gasteiger partial charge in [-0.15, -0.1) is 0 Å². The Kier molecular flexibility index (Phi) is 5.67. The SMILES string of the molecule is CCS(=O)CCN[C@@H]1CCCC[C@H]1O. The second-order valence-electron chi connectivity index (χ2n) is 3.85. The van der Waals surface area contributed by atoms with Crippen molar-refractivity contribution >= 4 is 10.8 Å². The lowest BCUT2D eigenvalue weighted by atomic mass is 9.93. The van der Waals surface area contributed by atoms with Gasteiger partial charge in [0.25, 0.3) is 0 Å². The molecule has 0 saturated heterocycles. The largest absolute Gasteiger partial charge is 0.392 e. The van der Waals surface area contributed by atoms with Crippen LogP contribution < -0.4 is 5.32 Å². The molecular weight excluding hydrogens is 198 g/mol. The zero-order valence-electron chi connectivity index (χ0n) is 8.87. The Labute approximate surface area is 88.7 Å². The van der Waals surface area contributed by atoms with Gasteiger partial charge in [-0.3, -0.25) is 4.21 Å². The van der Waals surface area contributed by atoms with E-state index in [1.807, 2.05) is 6.92 Å². The van der Waals surface area contributed by atoms with Crippen LogP contribution in [0.2, 0.25) is 0 Å². The molecule has 1 unspecified atom stereocenters. The van der Waals surface area contributed by atoms with Crippen LogP contribution in [0.4, 0.5) is 0 Å². The van der Waals surface area contributed by atoms with Crippen molar-refractivity contribution in [3.05, 3.63) is 0 Å². The van der Waals surface area contributed by atoms with Crippen LogP contribution in [-0.2, 0) is 10.8 Å². The molecule has 0 aliphatic heterocycles. The zero-order valence-corrected chi connectivity index (χ0v) is 9.68. The first kappa shape index (κ1) is 12.1. The Hall–Kier alpha value is 0.0700. The molecule has 0 radical (unpaired) electrons. The summed E-state index contributed by atoms with van der Waals surface area (Å²) in [6, 6.07) is 0.234. The minimum absolute atomic E-state index is 0.196. The molecule has 0 heterocycles. The number of aliphatic hydroxyl groups excluding tert-OH is 1. The van der Waals surface area contributed by atoms with Crippen molar-refractivity contribution in [1.82, 2.24) is 5.32 Å². The fourth-order valence-electron chi connectivity index (χ4n) is 1.85. The first-order chi connectivity index (χ1) is 6.74. The van der Waals surface area contributed by atoms with Crippen molar-refractivity contribution in [2.45, 2.75) is 44.8 Å². The first-order valence-electron chi connectivity index (χ1n) is 5.50. The van der Waals surface area contributed by atoms with Gasteiger partial charge in [0.05, 0.1) is 6.10 Å². The van der Waals surface area contributed by atoms with Crippen molar-refractivity contribution in [3.63, 3.8) is 0 Å². The van der Waals surface area contributed by atoms with Gasteiger partial charge in [0.2, 0.25) is 0 Å². The van der Waals surface area contributed by atoms with Gasteiger partial charge in [-0.05, 0) is 12.8 Å². The minimum atomic E-state index is -0.687. The Morgan fingerprint density at radius 2 is 2.14 bits per heavy atom. The normalized spacial score (nSPS) is 30.1. The highest BCUT2D eigenvalue weighted by Gasteiger charge is 2.21. The standard InChI is InChI=1S/C10H21NO2S/c1-2-14(13)8-7-11-9-5-3-4-6-10(9)12/h9-12H,2-8H2,1H3/t9-,10-,14?/m1/s1. The van der Waals surface area contributed by atoms with E-state index in [0.29, 0.717) is 5.75 Å². The van der Waals surface area contributed by atoms with Gasteiger partial charge in [0.1, 0.15) is 0 Å². The van der Waals surface area contributed by atoms with Gasteiger partial charge < -0.3 is 10.4 Å². The van der Waals surface area contributed by atoms with Crippen LogP contribution in [0.1, 0.15) is 32.6 Å². The molecule has 0 amide bonds. The summed E-state index contributed by atoms with van der Waals surface area (Å²) < 4.78 is 11.1. The topological polar surface area (TPSA) is 49.3 Å². The lowest BCUT2D eigenvalue weighted by molar-refractivity contribution is 0.0921. The van der Waals surface area contributed by atoms with Crippen LogP contribution in [0, 0.1) is 0 Å². The van der Waals surface area contributed by atoms with Crippen molar-refractivity contribution in [3.8, 4) is 0 Å². The highest BCUT2D eigenvalue weighted by Crippen LogP contribution is 2.17. The summed E-state index contributed by atoms with van der Waals surface area (Å²) in [5, 5.41) is 12.9. The van der Waals surface area contributed by atoms with Crippen LogP contribution in [0.15, 0.2) is 0 Å². The van der Waals surface area contributed by atoms with Gasteiger partial charge in [0, 0.05) is 34.9 Å². The van der Waals surface area contributed by atoms with Crippen molar-refractivity contribution in [2.75, 3.05) is 18.1 Å². The van der Waals surface area contributed by atoms with Gasteiger partial charge >= 0.3 is 0 Å². The highest BCUT2D eigenvalue weighted by atomic mass is 32.2. The molecular formula is C10H21NO2S. The first-order valence-corrected chi connectivity index (χ1v) is 6.99. The molecule has 4 heteroatoms. The molecule has 0 bridgehead atoms. The molecule has 2 N–H and O–H groups in total. The monoisotopic (exact) mass is 219 g/mol. The van der Waals surface area contributed by atoms with Crippen LogP contribution in [0.5, 0.6) is 0 Å². The summed E-state index contributed by atoms with van der Waals surface area (Å²) in [7, 11) is -0.687. The highest BCUT2D eigenvalue weighted by molar-refractivity contribution is 7.84. The maximum absolute atomic E-state index is 11.1. The third-order valence-electron chi connectivity index (χ3n) is 2.79. The minimum Gasteiger partial charge on any atom is -0.392 e. The Balaban J connectivity index is 2.13. The maximum Gasteiger partial charge on any atom is 0.0693 e. The molecule has 84 valence electrons. The third kappa shape index (κ3) is 4.07. The molecule has 14 heavy (non-hydrogen) atoms. The summed E-state index contributed by atoms with van der Waals surface area (Å²) in [6.07, 6.45) is 4.11. The van der Waals surface area contributed by atoms with E-state index in [1.54, 1.807) is 0 Å². The number of hydrogen-bond acceptors (Lipinski definition) is 3. The van der Waals surface area contributed by atoms with E-state index in [4.69, 9.17) is 0 Å². The molecule has 3 atom stereocenters. The van der Waals surface area contributed by atoms with Gasteiger partial charge in [-0.2, -0.15) is 0 Å². The van der Waals surface area contributed by atoms with Crippen molar-refractivity contribution in [1.29, 1.82) is 0 Å². The Morgan fingerprint density at radius 1 is 1.43 bits per heavy atom. The van der Waals surface area contributed by atoms with Crippen molar-refractivity contribution in [2.24, 2.45) is 0 Å². The summed E-state index contributed by atoms with van der Waals surface area (Å²) in [5.41, 5.74) is 0. The zero-order chi connectivity index (χ0) is 10.4. The van der Waals surface area contributed by atoms with Crippen LogP contribution >= 0.6 is 0 Å². The number of rotatable bonds is 5. The van der Waals surface area contributed by atoms with E-state index < -0.39 is 10.8 Å². The van der Waals surface area contributed by atoms with Crippen LogP contribution in [-0.4, -0.2) is 39.5 Å². The second-order valence-corrected chi connectivity index (χ2v) is 5.71. The molecule has 3 nitrogen and oxygen atoms in total. The summed E-state index contributed by atoms with van der Waals surface area (Å²) in [4.78, 5) is 0. The Morgan fingerprint density at radius 3 is 2.79 bits per heavy atom. The second kappa shape index (κ2) is 6.53. The van der Waals surface area contributed by atoms with E-state index in [1.165, 1.54) is 6.42 Å². The van der Waals surface area contributed by atoms with E-state index in [2.05, 4.69) is 5.32 Å². The van der Waals surface area contributed by atoms with Gasteiger partial charge in [-0.1, -0.05) is 19.8 Å². The third-order valence-corrected chi connectivity index (χ3v) is 4.09. The molecule has 1 rings (SSSR count). The molecule has 1 saturated carbocycles. The van der Waals surface area contributed by atoms with Crippen LogP contribution in [0.25, 0.3) is 0 Å². The number of nitrogens with one attached hydrogen (secondary N) is 1. The molecule has 0 aromatic rings. The Bertz CT molecular complexity index is 187. The lowest BCUT2D eigenvalue weighted by Crippen LogP contribution is -2.43. The quantitative estimate of drug-likeness (QED) is 0.714.